The number of halogens is 2. The largest absolute Gasteiger partial charge is 0.396 e. The van der Waals surface area contributed by atoms with Crippen LogP contribution in [0.25, 0.3) is 0 Å². The van der Waals surface area contributed by atoms with Crippen molar-refractivity contribution in [2.45, 2.75) is 19.9 Å². The number of aliphatic hydroxyl groups is 1. The maximum atomic E-state index is 13.5. The first-order valence-corrected chi connectivity index (χ1v) is 5.28. The molecule has 0 amide bonds. The molecule has 2 atom stereocenters. The molecule has 0 aliphatic rings. The highest BCUT2D eigenvalue weighted by molar-refractivity contribution is 5.22. The van der Waals surface area contributed by atoms with Crippen LogP contribution in [0.4, 0.5) is 8.78 Å². The molecule has 16 heavy (non-hydrogen) atoms. The second-order valence-corrected chi connectivity index (χ2v) is 4.28. The molecule has 0 heterocycles. The fourth-order valence-corrected chi connectivity index (χ4v) is 1.74. The van der Waals surface area contributed by atoms with E-state index in [1.54, 1.807) is 0 Å². The Morgan fingerprint density at radius 3 is 2.44 bits per heavy atom. The van der Waals surface area contributed by atoms with Crippen molar-refractivity contribution in [2.75, 3.05) is 6.61 Å². The zero-order chi connectivity index (χ0) is 12.3. The zero-order valence-corrected chi connectivity index (χ0v) is 9.45. The highest BCUT2D eigenvalue weighted by Gasteiger charge is 2.24. The van der Waals surface area contributed by atoms with Gasteiger partial charge in [-0.25, -0.2) is 8.78 Å². The molecular weight excluding hydrogens is 212 g/mol. The van der Waals surface area contributed by atoms with Crippen LogP contribution >= 0.6 is 0 Å². The lowest BCUT2D eigenvalue weighted by atomic mass is 9.85. The number of hydrogen-bond donors (Lipinski definition) is 2. The third-order valence-electron chi connectivity index (χ3n) is 2.85. The average Bonchev–Trinajstić information content (AvgIpc) is 2.22. The maximum absolute atomic E-state index is 13.5. The van der Waals surface area contributed by atoms with Gasteiger partial charge >= 0.3 is 0 Å². The van der Waals surface area contributed by atoms with Gasteiger partial charge in [0.05, 0.1) is 0 Å². The lowest BCUT2D eigenvalue weighted by molar-refractivity contribution is 0.164. The quantitative estimate of drug-likeness (QED) is 0.831. The molecule has 0 aliphatic heterocycles. The van der Waals surface area contributed by atoms with Crippen LogP contribution in [0.15, 0.2) is 18.2 Å². The number of hydrogen-bond acceptors (Lipinski definition) is 2. The molecule has 2 nitrogen and oxygen atoms in total. The Labute approximate surface area is 94.1 Å². The second kappa shape index (κ2) is 5.37. The zero-order valence-electron chi connectivity index (χ0n) is 9.45. The summed E-state index contributed by atoms with van der Waals surface area (Å²) in [4.78, 5) is 0. The van der Waals surface area contributed by atoms with E-state index in [4.69, 9.17) is 5.73 Å². The molecule has 2 unspecified atom stereocenters. The van der Waals surface area contributed by atoms with Gasteiger partial charge in [-0.1, -0.05) is 13.8 Å². The average molecular weight is 229 g/mol. The van der Waals surface area contributed by atoms with E-state index in [0.717, 1.165) is 18.2 Å². The Kier molecular flexibility index (Phi) is 4.38. The summed E-state index contributed by atoms with van der Waals surface area (Å²) in [6.07, 6.45) is 0. The number of nitrogens with two attached hydrogens (primary N) is 1. The van der Waals surface area contributed by atoms with E-state index in [0.29, 0.717) is 0 Å². The van der Waals surface area contributed by atoms with Gasteiger partial charge in [0.15, 0.2) is 0 Å². The first-order valence-electron chi connectivity index (χ1n) is 5.28. The Hall–Kier alpha value is -1.00. The first kappa shape index (κ1) is 13.1. The van der Waals surface area contributed by atoms with E-state index in [9.17, 15) is 13.9 Å². The Morgan fingerprint density at radius 1 is 1.31 bits per heavy atom. The number of aliphatic hydroxyl groups excluding tert-OH is 1. The van der Waals surface area contributed by atoms with Crippen molar-refractivity contribution in [1.29, 1.82) is 0 Å². The summed E-state index contributed by atoms with van der Waals surface area (Å²) in [5, 5.41) is 9.19. The van der Waals surface area contributed by atoms with Gasteiger partial charge in [0, 0.05) is 24.1 Å². The maximum Gasteiger partial charge on any atom is 0.128 e. The second-order valence-electron chi connectivity index (χ2n) is 4.28. The third-order valence-corrected chi connectivity index (χ3v) is 2.85. The summed E-state index contributed by atoms with van der Waals surface area (Å²) >= 11 is 0. The lowest BCUT2D eigenvalue weighted by Crippen LogP contribution is -2.29. The van der Waals surface area contributed by atoms with Crippen LogP contribution in [0, 0.1) is 23.5 Å². The Bertz CT molecular complexity index is 355. The van der Waals surface area contributed by atoms with Crippen molar-refractivity contribution >= 4 is 0 Å². The van der Waals surface area contributed by atoms with E-state index in [-0.39, 0.29) is 24.0 Å². The predicted octanol–water partition coefficient (Wildman–Crippen LogP) is 2.23. The van der Waals surface area contributed by atoms with E-state index >= 15 is 0 Å². The molecule has 1 aromatic rings. The van der Waals surface area contributed by atoms with Crippen molar-refractivity contribution in [1.82, 2.24) is 0 Å². The molecule has 1 aromatic carbocycles. The first-order chi connectivity index (χ1) is 7.47. The molecule has 0 radical (unpaired) electrons. The molecule has 0 bridgehead atoms. The van der Waals surface area contributed by atoms with Crippen molar-refractivity contribution in [2.24, 2.45) is 17.6 Å². The fourth-order valence-electron chi connectivity index (χ4n) is 1.74. The molecule has 1 rings (SSSR count). The van der Waals surface area contributed by atoms with Gasteiger partial charge in [-0.05, 0) is 24.1 Å². The molecule has 4 heteroatoms. The highest BCUT2D eigenvalue weighted by atomic mass is 19.1. The van der Waals surface area contributed by atoms with Crippen molar-refractivity contribution in [3.63, 3.8) is 0 Å². The van der Waals surface area contributed by atoms with Crippen molar-refractivity contribution in [3.05, 3.63) is 35.4 Å². The van der Waals surface area contributed by atoms with Crippen LogP contribution in [0.5, 0.6) is 0 Å². The molecule has 0 spiro atoms. The molecule has 0 aromatic heterocycles. The smallest absolute Gasteiger partial charge is 0.128 e. The van der Waals surface area contributed by atoms with Crippen LogP contribution in [0.1, 0.15) is 25.5 Å². The van der Waals surface area contributed by atoms with E-state index in [2.05, 4.69) is 0 Å². The SMILES string of the molecule is CC(C)C(CO)C(N)c1cc(F)ccc1F. The normalized spacial score (nSPS) is 15.2. The van der Waals surface area contributed by atoms with Gasteiger partial charge in [-0.15, -0.1) is 0 Å². The molecular formula is C12H17F2NO. The molecule has 3 N–H and O–H groups in total. The summed E-state index contributed by atoms with van der Waals surface area (Å²) in [5.41, 5.74) is 5.97. The van der Waals surface area contributed by atoms with Gasteiger partial charge < -0.3 is 10.8 Å². The standard InChI is InChI=1S/C12H17F2NO/c1-7(2)10(6-16)12(15)9-5-8(13)3-4-11(9)14/h3-5,7,10,12,16H,6,15H2,1-2H3. The van der Waals surface area contributed by atoms with Crippen LogP contribution in [0.3, 0.4) is 0 Å². The van der Waals surface area contributed by atoms with Gasteiger partial charge in [-0.3, -0.25) is 0 Å². The minimum Gasteiger partial charge on any atom is -0.396 e. The lowest BCUT2D eigenvalue weighted by Gasteiger charge is -2.26. The van der Waals surface area contributed by atoms with Gasteiger partial charge in [0.2, 0.25) is 0 Å². The highest BCUT2D eigenvalue weighted by Crippen LogP contribution is 2.27. The van der Waals surface area contributed by atoms with Crippen molar-refractivity contribution < 1.29 is 13.9 Å². The van der Waals surface area contributed by atoms with Gasteiger partial charge in [0.25, 0.3) is 0 Å². The van der Waals surface area contributed by atoms with Crippen LogP contribution in [-0.4, -0.2) is 11.7 Å². The van der Waals surface area contributed by atoms with E-state index in [1.165, 1.54) is 0 Å². The fraction of sp³-hybridized carbons (Fsp3) is 0.500. The predicted molar refractivity (Wildman–Crippen MR) is 58.7 cm³/mol. The summed E-state index contributed by atoms with van der Waals surface area (Å²) in [6.45, 7) is 3.63. The van der Waals surface area contributed by atoms with Gasteiger partial charge in [0.1, 0.15) is 11.6 Å². The van der Waals surface area contributed by atoms with Crippen molar-refractivity contribution in [3.8, 4) is 0 Å². The monoisotopic (exact) mass is 229 g/mol. The molecule has 0 fully saturated rings. The minimum atomic E-state index is -0.694. The summed E-state index contributed by atoms with van der Waals surface area (Å²) in [6, 6.07) is 2.50. The molecule has 90 valence electrons. The number of benzene rings is 1. The Morgan fingerprint density at radius 2 is 1.94 bits per heavy atom. The summed E-state index contributed by atoms with van der Waals surface area (Å²) in [5.74, 6) is -1.24. The van der Waals surface area contributed by atoms with Crippen LogP contribution < -0.4 is 5.73 Å². The Balaban J connectivity index is 3.02. The van der Waals surface area contributed by atoms with E-state index < -0.39 is 17.7 Å². The van der Waals surface area contributed by atoms with Crippen LogP contribution in [0.2, 0.25) is 0 Å². The van der Waals surface area contributed by atoms with Crippen LogP contribution in [-0.2, 0) is 0 Å². The number of rotatable bonds is 4. The van der Waals surface area contributed by atoms with Gasteiger partial charge in [-0.2, -0.15) is 0 Å². The third kappa shape index (κ3) is 2.77. The van der Waals surface area contributed by atoms with E-state index in [1.807, 2.05) is 13.8 Å². The molecule has 0 aliphatic carbocycles. The molecule has 0 saturated heterocycles. The minimum absolute atomic E-state index is 0.0997. The molecule has 0 saturated carbocycles. The summed E-state index contributed by atoms with van der Waals surface area (Å²) in [7, 11) is 0. The topological polar surface area (TPSA) is 46.2 Å². The summed E-state index contributed by atoms with van der Waals surface area (Å²) < 4.78 is 26.4.